The molecular weight excluding hydrogens is 385 g/mol. The number of alkyl halides is 3. The van der Waals surface area contributed by atoms with E-state index in [-0.39, 0.29) is 29.2 Å². The van der Waals surface area contributed by atoms with E-state index in [1.807, 2.05) is 0 Å². The average Bonchev–Trinajstić information content (AvgIpc) is 2.86. The molecule has 12 heteroatoms. The number of halogens is 3. The van der Waals surface area contributed by atoms with Crippen LogP contribution in [0.4, 0.5) is 30.6 Å². The lowest BCUT2D eigenvalue weighted by Gasteiger charge is -2.23. The molecular formula is C15H19F3N6O2S. The summed E-state index contributed by atoms with van der Waals surface area (Å²) in [5.41, 5.74) is 5.35. The van der Waals surface area contributed by atoms with Crippen LogP contribution in [0.5, 0.6) is 0 Å². The van der Waals surface area contributed by atoms with E-state index in [9.17, 15) is 21.6 Å². The second kappa shape index (κ2) is 6.66. The van der Waals surface area contributed by atoms with Crippen LogP contribution in [0.3, 0.4) is 0 Å². The van der Waals surface area contributed by atoms with Gasteiger partial charge in [0.25, 0.3) is 0 Å². The first-order chi connectivity index (χ1) is 12.5. The van der Waals surface area contributed by atoms with Gasteiger partial charge in [0.2, 0.25) is 5.95 Å². The number of nitrogens with zero attached hydrogens (tertiary/aromatic N) is 4. The minimum atomic E-state index is -4.63. The molecule has 0 bridgehead atoms. The number of hydrogen-bond donors (Lipinski definition) is 2. The molecule has 27 heavy (non-hydrogen) atoms. The van der Waals surface area contributed by atoms with E-state index < -0.39 is 27.4 Å². The number of aryl methyl sites for hydroxylation is 1. The Bertz CT molecular complexity index is 933. The number of nitrogen functional groups attached to an aromatic ring is 1. The van der Waals surface area contributed by atoms with Crippen molar-refractivity contribution < 1.29 is 21.6 Å². The van der Waals surface area contributed by atoms with Gasteiger partial charge in [-0.15, -0.1) is 0 Å². The van der Waals surface area contributed by atoms with E-state index in [0.717, 1.165) is 0 Å². The number of rotatable bonds is 3. The van der Waals surface area contributed by atoms with Crippen molar-refractivity contribution in [3.63, 3.8) is 0 Å². The molecule has 0 saturated carbocycles. The van der Waals surface area contributed by atoms with E-state index in [2.05, 4.69) is 20.4 Å². The summed E-state index contributed by atoms with van der Waals surface area (Å²) >= 11 is 0. The van der Waals surface area contributed by atoms with Gasteiger partial charge < -0.3 is 11.1 Å². The lowest BCUT2D eigenvalue weighted by molar-refractivity contribution is -0.137. The molecule has 0 spiro atoms. The van der Waals surface area contributed by atoms with Crippen molar-refractivity contribution in [1.82, 2.24) is 19.7 Å². The Labute approximate surface area is 153 Å². The minimum absolute atomic E-state index is 0.0515. The molecule has 148 valence electrons. The molecule has 0 radical (unpaired) electrons. The monoisotopic (exact) mass is 404 g/mol. The maximum absolute atomic E-state index is 13.0. The van der Waals surface area contributed by atoms with Crippen molar-refractivity contribution in [2.24, 2.45) is 0 Å². The van der Waals surface area contributed by atoms with Gasteiger partial charge >= 0.3 is 6.18 Å². The third kappa shape index (κ3) is 3.99. The van der Waals surface area contributed by atoms with Crippen LogP contribution >= 0.6 is 0 Å². The van der Waals surface area contributed by atoms with Gasteiger partial charge in [-0.25, -0.2) is 13.4 Å². The Morgan fingerprint density at radius 1 is 1.22 bits per heavy atom. The zero-order valence-corrected chi connectivity index (χ0v) is 15.5. The summed E-state index contributed by atoms with van der Waals surface area (Å²) in [5, 5.41) is 7.11. The fourth-order valence-electron chi connectivity index (χ4n) is 3.16. The highest BCUT2D eigenvalue weighted by Gasteiger charge is 2.37. The topological polar surface area (TPSA) is 116 Å². The van der Waals surface area contributed by atoms with Crippen LogP contribution in [0.15, 0.2) is 6.20 Å². The Morgan fingerprint density at radius 3 is 2.41 bits per heavy atom. The quantitative estimate of drug-likeness (QED) is 0.807. The molecule has 0 aromatic carbocycles. The van der Waals surface area contributed by atoms with Crippen molar-refractivity contribution in [3.8, 4) is 0 Å². The maximum atomic E-state index is 13.0. The van der Waals surface area contributed by atoms with Crippen LogP contribution in [-0.4, -0.2) is 39.7 Å². The molecule has 1 fully saturated rings. The second-order valence-corrected chi connectivity index (χ2v) is 8.79. The number of aromatic nitrogens is 4. The number of hydrogen-bond acceptors (Lipinski definition) is 7. The third-order valence-corrected chi connectivity index (χ3v) is 6.28. The molecule has 2 aromatic heterocycles. The molecule has 3 rings (SSSR count). The van der Waals surface area contributed by atoms with Gasteiger partial charge in [-0.1, -0.05) is 0 Å². The van der Waals surface area contributed by atoms with E-state index in [0.29, 0.717) is 24.2 Å². The summed E-state index contributed by atoms with van der Waals surface area (Å²) < 4.78 is 63.7. The van der Waals surface area contributed by atoms with Crippen LogP contribution < -0.4 is 11.1 Å². The number of anilines is 3. The molecule has 8 nitrogen and oxygen atoms in total. The van der Waals surface area contributed by atoms with Crippen LogP contribution in [0, 0.1) is 13.8 Å². The van der Waals surface area contributed by atoms with Gasteiger partial charge in [-0.3, -0.25) is 4.68 Å². The molecule has 0 amide bonds. The summed E-state index contributed by atoms with van der Waals surface area (Å²) in [6.07, 6.45) is -2.19. The summed E-state index contributed by atoms with van der Waals surface area (Å²) in [6.45, 7) is 2.99. The second-order valence-electron chi connectivity index (χ2n) is 6.49. The van der Waals surface area contributed by atoms with Crippen molar-refractivity contribution in [2.75, 3.05) is 22.6 Å². The third-order valence-electron chi connectivity index (χ3n) is 4.56. The summed E-state index contributed by atoms with van der Waals surface area (Å²) in [4.78, 5) is 7.54. The van der Waals surface area contributed by atoms with Crippen molar-refractivity contribution in [1.29, 1.82) is 0 Å². The van der Waals surface area contributed by atoms with Gasteiger partial charge in [0.05, 0.1) is 40.8 Å². The molecule has 2 aromatic rings. The Balaban J connectivity index is 1.83. The minimum Gasteiger partial charge on any atom is -0.383 e. The van der Waals surface area contributed by atoms with Crippen LogP contribution in [0.1, 0.15) is 35.8 Å². The van der Waals surface area contributed by atoms with Gasteiger partial charge in [0.15, 0.2) is 0 Å². The lowest BCUT2D eigenvalue weighted by atomic mass is 10.1. The molecule has 1 aliphatic rings. The zero-order valence-electron chi connectivity index (χ0n) is 14.7. The molecule has 1 saturated heterocycles. The lowest BCUT2D eigenvalue weighted by Crippen LogP contribution is -2.26. The van der Waals surface area contributed by atoms with Crippen LogP contribution in [-0.2, 0) is 16.0 Å². The van der Waals surface area contributed by atoms with Crippen LogP contribution in [0.25, 0.3) is 0 Å². The van der Waals surface area contributed by atoms with Gasteiger partial charge in [-0.05, 0) is 26.7 Å². The highest BCUT2D eigenvalue weighted by molar-refractivity contribution is 7.91. The highest BCUT2D eigenvalue weighted by Crippen LogP contribution is 2.35. The molecule has 0 unspecified atom stereocenters. The highest BCUT2D eigenvalue weighted by atomic mass is 32.2. The largest absolute Gasteiger partial charge is 0.421 e. The van der Waals surface area contributed by atoms with E-state index in [1.54, 1.807) is 11.6 Å². The SMILES string of the molecule is Cc1nc(Nc2cnn(C3CCS(=O)(=O)CC3)c2C)nc(N)c1C(F)(F)F. The van der Waals surface area contributed by atoms with Crippen molar-refractivity contribution in [2.45, 2.75) is 38.9 Å². The first-order valence-electron chi connectivity index (χ1n) is 8.21. The first kappa shape index (κ1) is 19.4. The standard InChI is InChI=1S/C15H19F3N6O2S/c1-8-12(15(16,17)18)13(19)23-14(21-8)22-11-7-20-24(9(11)2)10-3-5-27(25,26)6-4-10/h7,10H,3-6H2,1-2H3,(H3,19,21,22,23). The number of sulfone groups is 1. The maximum Gasteiger partial charge on any atom is 0.421 e. The van der Waals surface area contributed by atoms with E-state index in [4.69, 9.17) is 5.73 Å². The predicted molar refractivity (Wildman–Crippen MR) is 93.4 cm³/mol. The summed E-state index contributed by atoms with van der Waals surface area (Å²) in [6, 6.07) is -0.0515. The molecule has 3 heterocycles. The van der Waals surface area contributed by atoms with Gasteiger partial charge in [0.1, 0.15) is 21.2 Å². The average molecular weight is 404 g/mol. The van der Waals surface area contributed by atoms with Gasteiger partial charge in [0, 0.05) is 0 Å². The molecule has 0 aliphatic carbocycles. The fraction of sp³-hybridized carbons (Fsp3) is 0.533. The Kier molecular flexibility index (Phi) is 4.78. The zero-order chi connectivity index (χ0) is 20.0. The molecule has 0 atom stereocenters. The van der Waals surface area contributed by atoms with Crippen molar-refractivity contribution in [3.05, 3.63) is 23.1 Å². The summed E-state index contributed by atoms with van der Waals surface area (Å²) in [5.74, 6) is -0.499. The first-order valence-corrected chi connectivity index (χ1v) is 10.0. The molecule has 1 aliphatic heterocycles. The van der Waals surface area contributed by atoms with Gasteiger partial charge in [-0.2, -0.15) is 23.3 Å². The molecule has 3 N–H and O–H groups in total. The predicted octanol–water partition coefficient (Wildman–Crippen LogP) is 2.38. The van der Waals surface area contributed by atoms with E-state index in [1.165, 1.54) is 13.1 Å². The smallest absolute Gasteiger partial charge is 0.383 e. The normalized spacial score (nSPS) is 17.8. The van der Waals surface area contributed by atoms with Crippen LogP contribution in [0.2, 0.25) is 0 Å². The number of nitrogens with one attached hydrogen (secondary N) is 1. The summed E-state index contributed by atoms with van der Waals surface area (Å²) in [7, 11) is -2.99. The Morgan fingerprint density at radius 2 is 1.85 bits per heavy atom. The number of nitrogens with two attached hydrogens (primary N) is 1. The van der Waals surface area contributed by atoms with E-state index >= 15 is 0 Å². The Hall–Kier alpha value is -2.37. The fourth-order valence-corrected chi connectivity index (χ4v) is 4.62. The van der Waals surface area contributed by atoms with Crippen molar-refractivity contribution >= 4 is 27.3 Å².